The summed E-state index contributed by atoms with van der Waals surface area (Å²) in [5, 5.41) is 11.5. The van der Waals surface area contributed by atoms with Gasteiger partial charge in [-0.1, -0.05) is 28.1 Å². The summed E-state index contributed by atoms with van der Waals surface area (Å²) >= 11 is 3.34. The molecule has 1 aromatic carbocycles. The van der Waals surface area contributed by atoms with Gasteiger partial charge in [0.05, 0.1) is 26.2 Å². The van der Waals surface area contributed by atoms with E-state index in [0.717, 1.165) is 34.6 Å². The minimum atomic E-state index is -2.86. The van der Waals surface area contributed by atoms with Crippen molar-refractivity contribution in [3.8, 4) is 0 Å². The van der Waals surface area contributed by atoms with E-state index in [4.69, 9.17) is 4.74 Å². The first-order valence-electron chi connectivity index (χ1n) is 10.4. The van der Waals surface area contributed by atoms with E-state index in [-0.39, 0.29) is 35.9 Å². The third-order valence-corrected chi connectivity index (χ3v) is 8.18. The lowest BCUT2D eigenvalue weighted by molar-refractivity contribution is -0.931. The number of esters is 1. The molecule has 8 heteroatoms. The lowest BCUT2D eigenvalue weighted by Gasteiger charge is -2.44. The van der Waals surface area contributed by atoms with Crippen LogP contribution in [-0.4, -0.2) is 53.8 Å². The van der Waals surface area contributed by atoms with E-state index in [1.165, 1.54) is 0 Å². The Morgan fingerprint density at radius 3 is 2.23 bits per heavy atom. The first-order valence-corrected chi connectivity index (χ1v) is 11.2. The summed E-state index contributed by atoms with van der Waals surface area (Å²) in [7, 11) is 4.44. The summed E-state index contributed by atoms with van der Waals surface area (Å²) < 4.78 is 35.5. The Morgan fingerprint density at radius 1 is 1.17 bits per heavy atom. The maximum atomic E-state index is 14.0. The molecule has 3 fully saturated rings. The van der Waals surface area contributed by atoms with E-state index in [1.54, 1.807) is 24.3 Å². The van der Waals surface area contributed by atoms with Gasteiger partial charge in [-0.2, -0.15) is 0 Å². The van der Waals surface area contributed by atoms with E-state index < -0.39 is 29.8 Å². The van der Waals surface area contributed by atoms with Crippen LogP contribution in [0.25, 0.3) is 0 Å². The highest BCUT2D eigenvalue weighted by atomic mass is 79.9. The van der Waals surface area contributed by atoms with Crippen LogP contribution in [0.2, 0.25) is 0 Å². The molecule has 4 rings (SSSR count). The van der Waals surface area contributed by atoms with Crippen molar-refractivity contribution in [2.45, 2.75) is 74.7 Å². The van der Waals surface area contributed by atoms with Crippen molar-refractivity contribution < 1.29 is 44.9 Å². The van der Waals surface area contributed by atoms with Gasteiger partial charge in [0.15, 0.2) is 5.60 Å². The number of piperidine rings is 1. The van der Waals surface area contributed by atoms with E-state index in [1.807, 2.05) is 0 Å². The van der Waals surface area contributed by atoms with Crippen molar-refractivity contribution in [2.75, 3.05) is 14.1 Å². The lowest BCUT2D eigenvalue weighted by Crippen LogP contribution is -3.00. The molecule has 168 valence electrons. The summed E-state index contributed by atoms with van der Waals surface area (Å²) in [4.78, 5) is 13.3. The molecule has 3 aliphatic rings. The third-order valence-electron chi connectivity index (χ3n) is 7.65. The fourth-order valence-electron chi connectivity index (χ4n) is 5.70. The predicted molar refractivity (Wildman–Crippen MR) is 108 cm³/mol. The molecule has 0 aromatic heterocycles. The molecule has 2 aliphatic heterocycles. The fourth-order valence-corrected chi connectivity index (χ4v) is 5.96. The van der Waals surface area contributed by atoms with Gasteiger partial charge in [0.1, 0.15) is 6.10 Å². The highest BCUT2D eigenvalue weighted by Crippen LogP contribution is 2.49. The molecule has 4 nitrogen and oxygen atoms in total. The minimum Gasteiger partial charge on any atom is -1.00 e. The Kier molecular flexibility index (Phi) is 6.75. The molecule has 0 spiro atoms. The molecular formula is C22H29Br2F2NO3. The molecule has 1 saturated carbocycles. The summed E-state index contributed by atoms with van der Waals surface area (Å²) in [6.45, 7) is 0. The van der Waals surface area contributed by atoms with Gasteiger partial charge in [-0.25, -0.2) is 13.6 Å². The summed E-state index contributed by atoms with van der Waals surface area (Å²) in [5.74, 6) is -4.50. The Morgan fingerprint density at radius 2 is 1.73 bits per heavy atom. The molecule has 0 unspecified atom stereocenters. The number of ether oxygens (including phenoxy) is 1. The van der Waals surface area contributed by atoms with E-state index in [9.17, 15) is 18.7 Å². The minimum absolute atomic E-state index is 0. The van der Waals surface area contributed by atoms with Gasteiger partial charge in [0, 0.05) is 48.9 Å². The van der Waals surface area contributed by atoms with Gasteiger partial charge in [-0.05, 0) is 24.1 Å². The number of carbonyl (C=O) groups is 1. The molecule has 0 amide bonds. The SMILES string of the molecule is C[N+]1(C)[C@@H]2CC[C@H]1C[C@@H](OC(=O)[C@](O)(c1ccc(Br)cc1)[C@@H]1CCC(F)(F)C1)C2.[Br-]. The highest BCUT2D eigenvalue weighted by Gasteiger charge is 2.56. The summed E-state index contributed by atoms with van der Waals surface area (Å²) in [6, 6.07) is 7.52. The lowest BCUT2D eigenvalue weighted by atomic mass is 9.80. The van der Waals surface area contributed by atoms with E-state index in [0.29, 0.717) is 17.6 Å². The Hall–Kier alpha value is -0.570. The standard InChI is InChI=1S/C22H29BrF2NO3.BrH/c1-26(2)17-7-8-18(26)12-19(11-17)29-20(27)22(28,14-3-5-16(23)6-4-14)15-9-10-21(24,25)13-15;/h3-6,15,17-19,28H,7-13H2,1-2H3;1H/q+1;/p-1/t15-,17-,18+,19+,22+;/m1./s1. The van der Waals surface area contributed by atoms with Gasteiger partial charge in [-0.15, -0.1) is 0 Å². The van der Waals surface area contributed by atoms with Crippen LogP contribution in [0.5, 0.6) is 0 Å². The van der Waals surface area contributed by atoms with Gasteiger partial charge in [0.2, 0.25) is 5.92 Å². The average Bonchev–Trinajstić information content (AvgIpc) is 3.04. The maximum Gasteiger partial charge on any atom is 0.343 e. The predicted octanol–water partition coefficient (Wildman–Crippen LogP) is 1.39. The quantitative estimate of drug-likeness (QED) is 0.453. The van der Waals surface area contributed by atoms with Crippen molar-refractivity contribution >= 4 is 21.9 Å². The molecule has 0 radical (unpaired) electrons. The van der Waals surface area contributed by atoms with Crippen molar-refractivity contribution in [2.24, 2.45) is 5.92 Å². The van der Waals surface area contributed by atoms with Gasteiger partial charge >= 0.3 is 5.97 Å². The fraction of sp³-hybridized carbons (Fsp3) is 0.682. The number of nitrogens with zero attached hydrogens (tertiary/aromatic N) is 1. The molecule has 2 heterocycles. The largest absolute Gasteiger partial charge is 1.00 e. The number of hydrogen-bond donors (Lipinski definition) is 1. The normalized spacial score (nSPS) is 33.4. The zero-order valence-corrected chi connectivity index (χ0v) is 20.5. The molecule has 2 bridgehead atoms. The maximum absolute atomic E-state index is 14.0. The van der Waals surface area contributed by atoms with Crippen LogP contribution in [0.15, 0.2) is 28.7 Å². The Labute approximate surface area is 195 Å². The molecule has 5 atom stereocenters. The first kappa shape index (κ1) is 24.1. The van der Waals surface area contributed by atoms with Crippen molar-refractivity contribution in [3.05, 3.63) is 34.3 Å². The number of benzene rings is 1. The van der Waals surface area contributed by atoms with Crippen molar-refractivity contribution in [3.63, 3.8) is 0 Å². The van der Waals surface area contributed by atoms with Crippen LogP contribution in [-0.2, 0) is 15.1 Å². The zero-order chi connectivity index (χ0) is 21.0. The number of carbonyl (C=O) groups excluding carboxylic acids is 1. The topological polar surface area (TPSA) is 46.5 Å². The second-order valence-corrected chi connectivity index (χ2v) is 10.5. The second-order valence-electron chi connectivity index (χ2n) is 9.58. The molecular weight excluding hydrogens is 524 g/mol. The second kappa shape index (κ2) is 8.41. The van der Waals surface area contributed by atoms with Crippen LogP contribution < -0.4 is 17.0 Å². The smallest absolute Gasteiger partial charge is 0.343 e. The monoisotopic (exact) mass is 551 g/mol. The molecule has 2 saturated heterocycles. The van der Waals surface area contributed by atoms with Crippen LogP contribution in [0, 0.1) is 5.92 Å². The van der Waals surface area contributed by atoms with Crippen LogP contribution in [0.4, 0.5) is 8.78 Å². The first-order chi connectivity index (χ1) is 13.5. The summed E-state index contributed by atoms with van der Waals surface area (Å²) in [6.07, 6.45) is 2.73. The number of quaternary nitrogens is 1. The zero-order valence-electron chi connectivity index (χ0n) is 17.3. The Balaban J connectivity index is 0.00000256. The van der Waals surface area contributed by atoms with Gasteiger partial charge < -0.3 is 31.3 Å². The van der Waals surface area contributed by atoms with Crippen molar-refractivity contribution in [1.82, 2.24) is 0 Å². The highest BCUT2D eigenvalue weighted by molar-refractivity contribution is 9.10. The van der Waals surface area contributed by atoms with Crippen molar-refractivity contribution in [1.29, 1.82) is 0 Å². The molecule has 1 aliphatic carbocycles. The number of fused-ring (bicyclic) bond motifs is 2. The molecule has 30 heavy (non-hydrogen) atoms. The number of hydrogen-bond acceptors (Lipinski definition) is 3. The molecule has 1 N–H and O–H groups in total. The van der Waals surface area contributed by atoms with Crippen LogP contribution in [0.3, 0.4) is 0 Å². The number of rotatable bonds is 4. The van der Waals surface area contributed by atoms with Gasteiger partial charge in [-0.3, -0.25) is 0 Å². The van der Waals surface area contributed by atoms with Crippen LogP contribution in [0.1, 0.15) is 50.5 Å². The Bertz CT molecular complexity index is 773. The number of halogens is 4. The van der Waals surface area contributed by atoms with Gasteiger partial charge in [0.25, 0.3) is 0 Å². The number of aliphatic hydroxyl groups is 1. The summed E-state index contributed by atoms with van der Waals surface area (Å²) in [5.41, 5.74) is -1.73. The molecule has 1 aromatic rings. The van der Waals surface area contributed by atoms with Crippen LogP contribution >= 0.6 is 15.9 Å². The van der Waals surface area contributed by atoms with E-state index in [2.05, 4.69) is 30.0 Å². The van der Waals surface area contributed by atoms with E-state index >= 15 is 0 Å². The average molecular weight is 553 g/mol. The third kappa shape index (κ3) is 4.21. The number of alkyl halides is 2.